The van der Waals surface area contributed by atoms with Gasteiger partial charge in [0.1, 0.15) is 6.54 Å². The number of fused-ring (bicyclic) bond motifs is 1. The Kier molecular flexibility index (Phi) is 4.24. The molecule has 1 heterocycles. The predicted molar refractivity (Wildman–Crippen MR) is 90.6 cm³/mol. The van der Waals surface area contributed by atoms with Crippen LogP contribution in [0, 0.1) is 0 Å². The van der Waals surface area contributed by atoms with Crippen LogP contribution in [0.1, 0.15) is 30.0 Å². The van der Waals surface area contributed by atoms with E-state index in [9.17, 15) is 14.4 Å². The molecule has 0 radical (unpaired) electrons. The molecule has 1 aromatic carbocycles. The van der Waals surface area contributed by atoms with Crippen molar-refractivity contribution in [2.24, 2.45) is 7.05 Å². The molecule has 1 amide bonds. The molecular formula is C17H20N4O3. The van der Waals surface area contributed by atoms with Crippen LogP contribution in [0.15, 0.2) is 40.1 Å². The Balaban J connectivity index is 1.76. The molecule has 24 heavy (non-hydrogen) atoms. The lowest BCUT2D eigenvalue weighted by Crippen LogP contribution is -2.41. The summed E-state index contributed by atoms with van der Waals surface area (Å²) in [5.41, 5.74) is 7.88. The zero-order valence-electron chi connectivity index (χ0n) is 13.5. The Bertz CT molecular complexity index is 897. The standard InChI is InChI=1S/C17H20N4O3/c1-20-16(23)7-8-21(17(20)24)10-15(22)19-14-4-2-3-11-9-12(18)5-6-13(11)14/h5-9,14H,2-4,10,18H2,1H3,(H,19,22). The minimum absolute atomic E-state index is 0.0786. The van der Waals surface area contributed by atoms with E-state index in [0.29, 0.717) is 0 Å². The van der Waals surface area contributed by atoms with E-state index in [1.54, 1.807) is 0 Å². The van der Waals surface area contributed by atoms with Crippen molar-refractivity contribution in [1.82, 2.24) is 14.5 Å². The van der Waals surface area contributed by atoms with E-state index in [4.69, 9.17) is 5.73 Å². The minimum Gasteiger partial charge on any atom is -0.399 e. The largest absolute Gasteiger partial charge is 0.399 e. The number of amides is 1. The Hall–Kier alpha value is -2.83. The minimum atomic E-state index is -0.505. The smallest absolute Gasteiger partial charge is 0.331 e. The second-order valence-corrected chi connectivity index (χ2v) is 6.09. The third kappa shape index (κ3) is 3.10. The van der Waals surface area contributed by atoms with Crippen molar-refractivity contribution in [2.75, 3.05) is 5.73 Å². The molecule has 126 valence electrons. The number of aromatic nitrogens is 2. The van der Waals surface area contributed by atoms with Crippen LogP contribution >= 0.6 is 0 Å². The quantitative estimate of drug-likeness (QED) is 0.793. The normalized spacial score (nSPS) is 16.5. The van der Waals surface area contributed by atoms with E-state index in [1.807, 2.05) is 18.2 Å². The first-order valence-electron chi connectivity index (χ1n) is 7.90. The van der Waals surface area contributed by atoms with E-state index in [-0.39, 0.29) is 18.5 Å². The van der Waals surface area contributed by atoms with Crippen LogP contribution in [-0.2, 0) is 24.8 Å². The van der Waals surface area contributed by atoms with Gasteiger partial charge >= 0.3 is 5.69 Å². The number of carbonyl (C=O) groups is 1. The fourth-order valence-electron chi connectivity index (χ4n) is 3.12. The molecule has 1 aromatic heterocycles. The maximum Gasteiger partial charge on any atom is 0.331 e. The van der Waals surface area contributed by atoms with Gasteiger partial charge in [-0.1, -0.05) is 6.07 Å². The number of nitrogens with two attached hydrogens (primary N) is 1. The molecule has 0 saturated carbocycles. The van der Waals surface area contributed by atoms with Gasteiger partial charge in [-0.05, 0) is 42.5 Å². The molecule has 0 saturated heterocycles. The van der Waals surface area contributed by atoms with E-state index >= 15 is 0 Å². The number of anilines is 1. The van der Waals surface area contributed by atoms with Crippen molar-refractivity contribution in [3.63, 3.8) is 0 Å². The molecule has 3 N–H and O–H groups in total. The number of benzene rings is 1. The fraction of sp³-hybridized carbons (Fsp3) is 0.353. The highest BCUT2D eigenvalue weighted by Crippen LogP contribution is 2.30. The lowest BCUT2D eigenvalue weighted by Gasteiger charge is -2.26. The Morgan fingerprint density at radius 2 is 2.12 bits per heavy atom. The summed E-state index contributed by atoms with van der Waals surface area (Å²) in [4.78, 5) is 35.7. The zero-order valence-corrected chi connectivity index (χ0v) is 13.5. The second kappa shape index (κ2) is 6.35. The van der Waals surface area contributed by atoms with Crippen molar-refractivity contribution >= 4 is 11.6 Å². The summed E-state index contributed by atoms with van der Waals surface area (Å²) in [6, 6.07) is 6.93. The van der Waals surface area contributed by atoms with Gasteiger partial charge in [-0.2, -0.15) is 0 Å². The lowest BCUT2D eigenvalue weighted by molar-refractivity contribution is -0.122. The number of hydrogen-bond acceptors (Lipinski definition) is 4. The maximum atomic E-state index is 12.3. The van der Waals surface area contributed by atoms with Crippen LogP contribution in [0.2, 0.25) is 0 Å². The van der Waals surface area contributed by atoms with Crippen molar-refractivity contribution in [3.8, 4) is 0 Å². The summed E-state index contributed by atoms with van der Waals surface area (Å²) in [5, 5.41) is 2.98. The van der Waals surface area contributed by atoms with Crippen molar-refractivity contribution < 1.29 is 4.79 Å². The van der Waals surface area contributed by atoms with Crippen molar-refractivity contribution in [1.29, 1.82) is 0 Å². The molecule has 7 heteroatoms. The Morgan fingerprint density at radius 3 is 2.92 bits per heavy atom. The first-order valence-corrected chi connectivity index (χ1v) is 7.90. The summed E-state index contributed by atoms with van der Waals surface area (Å²) in [6.45, 7) is -0.117. The highest BCUT2D eigenvalue weighted by atomic mass is 16.2. The monoisotopic (exact) mass is 328 g/mol. The SMILES string of the molecule is Cn1c(=O)ccn(CC(=O)NC2CCCc3cc(N)ccc32)c1=O. The van der Waals surface area contributed by atoms with Crippen LogP contribution < -0.4 is 22.3 Å². The first kappa shape index (κ1) is 16.0. The summed E-state index contributed by atoms with van der Waals surface area (Å²) >= 11 is 0. The highest BCUT2D eigenvalue weighted by molar-refractivity contribution is 5.76. The van der Waals surface area contributed by atoms with Gasteiger partial charge in [-0.25, -0.2) is 4.79 Å². The molecular weight excluding hydrogens is 308 g/mol. The van der Waals surface area contributed by atoms with Gasteiger partial charge in [0.05, 0.1) is 6.04 Å². The number of aryl methyl sites for hydroxylation is 1. The highest BCUT2D eigenvalue weighted by Gasteiger charge is 2.22. The summed E-state index contributed by atoms with van der Waals surface area (Å²) < 4.78 is 2.20. The molecule has 1 aliphatic rings. The molecule has 1 atom stereocenters. The number of rotatable bonds is 3. The number of carbonyl (C=O) groups excluding carboxylic acids is 1. The predicted octanol–water partition coefficient (Wildman–Crippen LogP) is 0.323. The third-order valence-corrected chi connectivity index (χ3v) is 4.39. The number of nitrogen functional groups attached to an aromatic ring is 1. The Morgan fingerprint density at radius 1 is 1.33 bits per heavy atom. The topological polar surface area (TPSA) is 99.1 Å². The maximum absolute atomic E-state index is 12.3. The summed E-state index contributed by atoms with van der Waals surface area (Å²) in [7, 11) is 1.39. The molecule has 0 fully saturated rings. The van der Waals surface area contributed by atoms with E-state index in [2.05, 4.69) is 5.32 Å². The van der Waals surface area contributed by atoms with Crippen molar-refractivity contribution in [3.05, 3.63) is 62.4 Å². The molecule has 3 rings (SSSR count). The van der Waals surface area contributed by atoms with Gasteiger partial charge in [0.25, 0.3) is 5.56 Å². The van der Waals surface area contributed by atoms with Crippen molar-refractivity contribution in [2.45, 2.75) is 31.8 Å². The molecule has 1 unspecified atom stereocenters. The molecule has 0 aliphatic heterocycles. The molecule has 1 aliphatic carbocycles. The average Bonchev–Trinajstić information content (AvgIpc) is 2.55. The fourth-order valence-corrected chi connectivity index (χ4v) is 3.12. The molecule has 2 aromatic rings. The zero-order chi connectivity index (χ0) is 17.3. The second-order valence-electron chi connectivity index (χ2n) is 6.09. The van der Waals surface area contributed by atoms with E-state index in [1.165, 1.54) is 23.9 Å². The van der Waals surface area contributed by atoms with E-state index in [0.717, 1.165) is 40.6 Å². The number of hydrogen-bond donors (Lipinski definition) is 2. The van der Waals surface area contributed by atoms with Crippen LogP contribution in [0.25, 0.3) is 0 Å². The van der Waals surface area contributed by atoms with Crippen LogP contribution in [0.4, 0.5) is 5.69 Å². The van der Waals surface area contributed by atoms with Crippen LogP contribution in [-0.4, -0.2) is 15.0 Å². The molecule has 0 spiro atoms. The Labute approximate surface area is 138 Å². The lowest BCUT2D eigenvalue weighted by atomic mass is 9.87. The molecule has 7 nitrogen and oxygen atoms in total. The molecule has 0 bridgehead atoms. The van der Waals surface area contributed by atoms with E-state index < -0.39 is 11.2 Å². The van der Waals surface area contributed by atoms with Crippen LogP contribution in [0.3, 0.4) is 0 Å². The third-order valence-electron chi connectivity index (χ3n) is 4.39. The van der Waals surface area contributed by atoms with Crippen LogP contribution in [0.5, 0.6) is 0 Å². The van der Waals surface area contributed by atoms with Gasteiger partial charge in [-0.3, -0.25) is 18.7 Å². The number of nitrogens with one attached hydrogen (secondary N) is 1. The van der Waals surface area contributed by atoms with Gasteiger partial charge in [0.15, 0.2) is 0 Å². The van der Waals surface area contributed by atoms with Gasteiger partial charge in [0, 0.05) is 25.0 Å². The van der Waals surface area contributed by atoms with Gasteiger partial charge in [-0.15, -0.1) is 0 Å². The number of nitrogens with zero attached hydrogens (tertiary/aromatic N) is 2. The summed E-state index contributed by atoms with van der Waals surface area (Å²) in [5.74, 6) is -0.259. The van der Waals surface area contributed by atoms with Gasteiger partial charge in [0.2, 0.25) is 5.91 Å². The average molecular weight is 328 g/mol. The first-order chi connectivity index (χ1) is 11.5. The summed E-state index contributed by atoms with van der Waals surface area (Å²) in [6.07, 6.45) is 4.12. The van der Waals surface area contributed by atoms with Gasteiger partial charge < -0.3 is 11.1 Å².